The normalized spacial score (nSPS) is 17.1. The molecule has 0 unspecified atom stereocenters. The van der Waals surface area contributed by atoms with Crippen LogP contribution in [0.4, 0.5) is 0 Å². The third-order valence-electron chi connectivity index (χ3n) is 3.05. The maximum atomic E-state index is 11.8. The molecule has 0 radical (unpaired) electrons. The van der Waals surface area contributed by atoms with Gasteiger partial charge in [-0.3, -0.25) is 4.79 Å². The van der Waals surface area contributed by atoms with Crippen molar-refractivity contribution < 1.29 is 9.90 Å². The van der Waals surface area contributed by atoms with E-state index in [9.17, 15) is 9.90 Å². The van der Waals surface area contributed by atoms with Crippen LogP contribution in [0.3, 0.4) is 0 Å². The van der Waals surface area contributed by atoms with E-state index >= 15 is 0 Å². The Morgan fingerprint density at radius 1 is 1.44 bits per heavy atom. The summed E-state index contributed by atoms with van der Waals surface area (Å²) in [6.45, 7) is 3.20. The van der Waals surface area contributed by atoms with E-state index in [2.05, 4.69) is 10.6 Å². The van der Waals surface area contributed by atoms with Gasteiger partial charge in [0.15, 0.2) is 0 Å². The van der Waals surface area contributed by atoms with E-state index in [1.54, 1.807) is 13.0 Å². The Kier molecular flexibility index (Phi) is 4.00. The topological polar surface area (TPSA) is 61.4 Å². The van der Waals surface area contributed by atoms with Crippen molar-refractivity contribution in [3.05, 3.63) is 27.7 Å². The van der Waals surface area contributed by atoms with E-state index in [1.165, 1.54) is 6.07 Å². The lowest BCUT2D eigenvalue weighted by molar-refractivity contribution is -0.127. The minimum absolute atomic E-state index is 0.0114. The second-order valence-electron chi connectivity index (χ2n) is 4.41. The molecular weight excluding hydrogens is 275 g/mol. The van der Waals surface area contributed by atoms with Gasteiger partial charge in [-0.1, -0.05) is 23.2 Å². The standard InChI is InChI=1S/C12H14Cl2N2O2/c1-6(16-12(18)7-4-15-5-7)8-2-9(13)10(14)3-11(8)17/h2-3,6-7,15,17H,4-5H2,1H3,(H,16,18)/t6-/m0/s1. The average Bonchev–Trinajstić information content (AvgIpc) is 2.20. The van der Waals surface area contributed by atoms with E-state index in [0.717, 1.165) is 0 Å². The van der Waals surface area contributed by atoms with Gasteiger partial charge in [0.25, 0.3) is 0 Å². The van der Waals surface area contributed by atoms with E-state index < -0.39 is 0 Å². The summed E-state index contributed by atoms with van der Waals surface area (Å²) in [5.74, 6) is 0.0213. The van der Waals surface area contributed by atoms with Gasteiger partial charge in [0.05, 0.1) is 22.0 Å². The lowest BCUT2D eigenvalue weighted by Crippen LogP contribution is -2.51. The number of amides is 1. The highest BCUT2D eigenvalue weighted by Crippen LogP contribution is 2.33. The molecule has 1 amide bonds. The third kappa shape index (κ3) is 2.71. The fourth-order valence-electron chi connectivity index (χ4n) is 1.78. The number of aromatic hydroxyl groups is 1. The van der Waals surface area contributed by atoms with Crippen LogP contribution in [0.1, 0.15) is 18.5 Å². The number of rotatable bonds is 3. The summed E-state index contributed by atoms with van der Waals surface area (Å²) < 4.78 is 0. The van der Waals surface area contributed by atoms with Crippen LogP contribution < -0.4 is 10.6 Å². The summed E-state index contributed by atoms with van der Waals surface area (Å²) >= 11 is 11.7. The van der Waals surface area contributed by atoms with Crippen molar-refractivity contribution in [3.8, 4) is 5.75 Å². The summed E-state index contributed by atoms with van der Waals surface area (Å²) in [4.78, 5) is 11.8. The van der Waals surface area contributed by atoms with Gasteiger partial charge in [-0.2, -0.15) is 0 Å². The third-order valence-corrected chi connectivity index (χ3v) is 3.77. The van der Waals surface area contributed by atoms with Crippen molar-refractivity contribution in [1.29, 1.82) is 0 Å². The molecule has 1 aromatic rings. The number of carbonyl (C=O) groups excluding carboxylic acids is 1. The van der Waals surface area contributed by atoms with E-state index in [1.807, 2.05) is 0 Å². The zero-order valence-corrected chi connectivity index (χ0v) is 11.3. The minimum atomic E-state index is -0.312. The van der Waals surface area contributed by atoms with Crippen LogP contribution in [0.5, 0.6) is 5.75 Å². The lowest BCUT2D eigenvalue weighted by atomic mass is 10.0. The molecular formula is C12H14Cl2N2O2. The second kappa shape index (κ2) is 5.34. The van der Waals surface area contributed by atoms with Gasteiger partial charge in [0.2, 0.25) is 5.91 Å². The van der Waals surface area contributed by atoms with Gasteiger partial charge in [-0.05, 0) is 13.0 Å². The number of nitrogens with one attached hydrogen (secondary N) is 2. The second-order valence-corrected chi connectivity index (χ2v) is 5.22. The molecule has 18 heavy (non-hydrogen) atoms. The van der Waals surface area contributed by atoms with Crippen LogP contribution in [0, 0.1) is 5.92 Å². The monoisotopic (exact) mass is 288 g/mol. The largest absolute Gasteiger partial charge is 0.508 e. The molecule has 1 aromatic carbocycles. The molecule has 0 aromatic heterocycles. The molecule has 1 fully saturated rings. The first-order chi connectivity index (χ1) is 8.49. The highest BCUT2D eigenvalue weighted by Gasteiger charge is 2.26. The van der Waals surface area contributed by atoms with Gasteiger partial charge in [0.1, 0.15) is 5.75 Å². The number of phenols is 1. The van der Waals surface area contributed by atoms with Gasteiger partial charge in [-0.15, -0.1) is 0 Å². The molecule has 2 rings (SSSR count). The molecule has 1 aliphatic rings. The number of benzene rings is 1. The van der Waals surface area contributed by atoms with Crippen molar-refractivity contribution in [2.24, 2.45) is 5.92 Å². The quantitative estimate of drug-likeness (QED) is 0.798. The van der Waals surface area contributed by atoms with Crippen LogP contribution in [0.2, 0.25) is 10.0 Å². The Labute approximate surface area is 115 Å². The lowest BCUT2D eigenvalue weighted by Gasteiger charge is -2.27. The summed E-state index contributed by atoms with van der Waals surface area (Å²) in [7, 11) is 0. The summed E-state index contributed by atoms with van der Waals surface area (Å²) in [5, 5.41) is 16.3. The van der Waals surface area contributed by atoms with Crippen LogP contribution in [0.25, 0.3) is 0 Å². The number of hydrogen-bond donors (Lipinski definition) is 3. The van der Waals surface area contributed by atoms with E-state index in [0.29, 0.717) is 28.7 Å². The first kappa shape index (κ1) is 13.5. The Bertz CT molecular complexity index is 475. The first-order valence-electron chi connectivity index (χ1n) is 5.68. The number of carbonyl (C=O) groups is 1. The SMILES string of the molecule is C[C@H](NC(=O)C1CNC1)c1cc(Cl)c(Cl)cc1O. The maximum absolute atomic E-state index is 11.8. The summed E-state index contributed by atoms with van der Waals surface area (Å²) in [6.07, 6.45) is 0. The Morgan fingerprint density at radius 2 is 2.06 bits per heavy atom. The number of phenolic OH excluding ortho intramolecular Hbond substituents is 1. The Morgan fingerprint density at radius 3 is 2.61 bits per heavy atom. The predicted octanol–water partition coefficient (Wildman–Crippen LogP) is 2.10. The molecule has 0 aliphatic carbocycles. The first-order valence-corrected chi connectivity index (χ1v) is 6.43. The molecule has 98 valence electrons. The van der Waals surface area contributed by atoms with Crippen LogP contribution in [-0.2, 0) is 4.79 Å². The summed E-state index contributed by atoms with van der Waals surface area (Å²) in [5.41, 5.74) is 0.560. The van der Waals surface area contributed by atoms with Crippen molar-refractivity contribution in [2.75, 3.05) is 13.1 Å². The zero-order chi connectivity index (χ0) is 13.3. The van der Waals surface area contributed by atoms with Crippen molar-refractivity contribution in [1.82, 2.24) is 10.6 Å². The molecule has 0 spiro atoms. The Balaban J connectivity index is 2.10. The van der Waals surface area contributed by atoms with E-state index in [-0.39, 0.29) is 23.6 Å². The fraction of sp³-hybridized carbons (Fsp3) is 0.417. The molecule has 1 atom stereocenters. The van der Waals surface area contributed by atoms with Gasteiger partial charge >= 0.3 is 0 Å². The zero-order valence-electron chi connectivity index (χ0n) is 9.84. The molecule has 0 bridgehead atoms. The Hall–Kier alpha value is -0.970. The molecule has 3 N–H and O–H groups in total. The van der Waals surface area contributed by atoms with Gasteiger partial charge < -0.3 is 15.7 Å². The van der Waals surface area contributed by atoms with Crippen molar-refractivity contribution in [3.63, 3.8) is 0 Å². The fourth-order valence-corrected chi connectivity index (χ4v) is 2.11. The number of halogens is 2. The van der Waals surface area contributed by atoms with Crippen LogP contribution in [-0.4, -0.2) is 24.1 Å². The molecule has 1 saturated heterocycles. The predicted molar refractivity (Wildman–Crippen MR) is 71.0 cm³/mol. The van der Waals surface area contributed by atoms with Crippen LogP contribution in [0.15, 0.2) is 12.1 Å². The van der Waals surface area contributed by atoms with Crippen LogP contribution >= 0.6 is 23.2 Å². The molecule has 6 heteroatoms. The molecule has 1 heterocycles. The minimum Gasteiger partial charge on any atom is -0.508 e. The van der Waals surface area contributed by atoms with Crippen molar-refractivity contribution >= 4 is 29.1 Å². The summed E-state index contributed by atoms with van der Waals surface area (Å²) in [6, 6.07) is 2.64. The van der Waals surface area contributed by atoms with E-state index in [4.69, 9.17) is 23.2 Å². The van der Waals surface area contributed by atoms with Crippen molar-refractivity contribution in [2.45, 2.75) is 13.0 Å². The highest BCUT2D eigenvalue weighted by atomic mass is 35.5. The van der Waals surface area contributed by atoms with Gasteiger partial charge in [0, 0.05) is 24.7 Å². The molecule has 0 saturated carbocycles. The molecule has 1 aliphatic heterocycles. The smallest absolute Gasteiger partial charge is 0.226 e. The van der Waals surface area contributed by atoms with Gasteiger partial charge in [-0.25, -0.2) is 0 Å². The highest BCUT2D eigenvalue weighted by molar-refractivity contribution is 6.42. The number of hydrogen-bond acceptors (Lipinski definition) is 3. The average molecular weight is 289 g/mol. The maximum Gasteiger partial charge on any atom is 0.226 e. The molecule has 4 nitrogen and oxygen atoms in total.